The van der Waals surface area contributed by atoms with Crippen LogP contribution in [0.5, 0.6) is 0 Å². The van der Waals surface area contributed by atoms with Crippen LogP contribution >= 0.6 is 0 Å². The summed E-state index contributed by atoms with van der Waals surface area (Å²) in [4.78, 5) is 2.24. The highest BCUT2D eigenvalue weighted by Crippen LogP contribution is 2.06. The van der Waals surface area contributed by atoms with Crippen LogP contribution in [-0.4, -0.2) is 49.3 Å². The molecule has 0 spiro atoms. The van der Waals surface area contributed by atoms with E-state index in [-0.39, 0.29) is 6.10 Å². The van der Waals surface area contributed by atoms with Gasteiger partial charge in [-0.15, -0.1) is 0 Å². The summed E-state index contributed by atoms with van der Waals surface area (Å²) in [6.45, 7) is 5.81. The van der Waals surface area contributed by atoms with Gasteiger partial charge in [-0.3, -0.25) is 0 Å². The summed E-state index contributed by atoms with van der Waals surface area (Å²) in [7, 11) is 3.94. The molecule has 0 aromatic carbocycles. The molecular formula is C10H24N2O. The fraction of sp³-hybridized carbons (Fsp3) is 1.00. The predicted molar refractivity (Wildman–Crippen MR) is 56.9 cm³/mol. The zero-order valence-electron chi connectivity index (χ0n) is 9.38. The maximum absolute atomic E-state index is 9.56. The van der Waals surface area contributed by atoms with Crippen molar-refractivity contribution >= 4 is 0 Å². The highest BCUT2D eigenvalue weighted by molar-refractivity contribution is 4.69. The second-order valence-electron chi connectivity index (χ2n) is 3.62. The largest absolute Gasteiger partial charge is 0.390 e. The standard InChI is InChI=1S/C10H24N2O/c1-5-9(6-2)12(4)8-10(13)7-11-3/h9-11,13H,5-8H2,1-4H3. The smallest absolute Gasteiger partial charge is 0.0791 e. The third-order valence-corrected chi connectivity index (χ3v) is 2.50. The molecule has 13 heavy (non-hydrogen) atoms. The van der Waals surface area contributed by atoms with Crippen LogP contribution in [0.15, 0.2) is 0 Å². The molecule has 0 aromatic heterocycles. The predicted octanol–water partition coefficient (Wildman–Crippen LogP) is 0.687. The van der Waals surface area contributed by atoms with E-state index in [4.69, 9.17) is 0 Å². The van der Waals surface area contributed by atoms with Crippen molar-refractivity contribution in [2.75, 3.05) is 27.2 Å². The van der Waals surface area contributed by atoms with Gasteiger partial charge in [0, 0.05) is 19.1 Å². The number of nitrogens with zero attached hydrogens (tertiary/aromatic N) is 1. The minimum atomic E-state index is -0.254. The van der Waals surface area contributed by atoms with E-state index >= 15 is 0 Å². The first-order valence-electron chi connectivity index (χ1n) is 5.18. The molecule has 0 rings (SSSR count). The van der Waals surface area contributed by atoms with Crippen LogP contribution in [-0.2, 0) is 0 Å². The van der Waals surface area contributed by atoms with E-state index in [1.807, 2.05) is 7.05 Å². The Bertz CT molecular complexity index is 115. The van der Waals surface area contributed by atoms with Crippen LogP contribution in [0.1, 0.15) is 26.7 Å². The molecule has 0 fully saturated rings. The lowest BCUT2D eigenvalue weighted by Gasteiger charge is -2.28. The van der Waals surface area contributed by atoms with E-state index < -0.39 is 0 Å². The van der Waals surface area contributed by atoms with Crippen molar-refractivity contribution in [1.29, 1.82) is 0 Å². The molecule has 0 aliphatic rings. The minimum absolute atomic E-state index is 0.254. The van der Waals surface area contributed by atoms with Gasteiger partial charge < -0.3 is 15.3 Å². The average molecular weight is 188 g/mol. The molecule has 80 valence electrons. The van der Waals surface area contributed by atoms with Crippen molar-refractivity contribution in [2.24, 2.45) is 0 Å². The monoisotopic (exact) mass is 188 g/mol. The van der Waals surface area contributed by atoms with Gasteiger partial charge in [0.05, 0.1) is 6.10 Å². The normalized spacial score (nSPS) is 14.1. The summed E-state index contributed by atoms with van der Waals surface area (Å²) in [5.41, 5.74) is 0. The van der Waals surface area contributed by atoms with Gasteiger partial charge in [0.1, 0.15) is 0 Å². The minimum Gasteiger partial charge on any atom is -0.390 e. The van der Waals surface area contributed by atoms with Gasteiger partial charge in [-0.1, -0.05) is 13.8 Å². The second kappa shape index (κ2) is 7.30. The highest BCUT2D eigenvalue weighted by atomic mass is 16.3. The molecule has 3 nitrogen and oxygen atoms in total. The van der Waals surface area contributed by atoms with Crippen LogP contribution in [0.4, 0.5) is 0 Å². The van der Waals surface area contributed by atoms with Gasteiger partial charge in [-0.25, -0.2) is 0 Å². The molecule has 0 saturated carbocycles. The molecule has 0 aromatic rings. The summed E-state index contributed by atoms with van der Waals surface area (Å²) in [5, 5.41) is 12.5. The van der Waals surface area contributed by atoms with Crippen molar-refractivity contribution in [3.05, 3.63) is 0 Å². The third kappa shape index (κ3) is 5.24. The summed E-state index contributed by atoms with van der Waals surface area (Å²) in [5.74, 6) is 0. The topological polar surface area (TPSA) is 35.5 Å². The lowest BCUT2D eigenvalue weighted by molar-refractivity contribution is 0.102. The second-order valence-corrected chi connectivity index (χ2v) is 3.62. The number of aliphatic hydroxyl groups excluding tert-OH is 1. The third-order valence-electron chi connectivity index (χ3n) is 2.50. The SMILES string of the molecule is CCC(CC)N(C)CC(O)CNC. The Morgan fingerprint density at radius 1 is 1.31 bits per heavy atom. The first-order valence-corrected chi connectivity index (χ1v) is 5.18. The van der Waals surface area contributed by atoms with E-state index in [1.165, 1.54) is 0 Å². The van der Waals surface area contributed by atoms with Crippen molar-refractivity contribution < 1.29 is 5.11 Å². The van der Waals surface area contributed by atoms with Crippen molar-refractivity contribution in [2.45, 2.75) is 38.8 Å². The van der Waals surface area contributed by atoms with E-state index in [2.05, 4.69) is 31.1 Å². The molecule has 0 bridgehead atoms. The van der Waals surface area contributed by atoms with Crippen molar-refractivity contribution in [3.8, 4) is 0 Å². The van der Waals surface area contributed by atoms with Gasteiger partial charge in [-0.2, -0.15) is 0 Å². The molecule has 3 heteroatoms. The molecule has 0 aliphatic carbocycles. The molecule has 0 radical (unpaired) electrons. The van der Waals surface area contributed by atoms with Crippen LogP contribution < -0.4 is 5.32 Å². The van der Waals surface area contributed by atoms with E-state index in [9.17, 15) is 5.11 Å². The van der Waals surface area contributed by atoms with Crippen LogP contribution in [0.25, 0.3) is 0 Å². The molecule has 0 saturated heterocycles. The Balaban J connectivity index is 3.75. The lowest BCUT2D eigenvalue weighted by atomic mass is 10.1. The molecule has 0 amide bonds. The maximum Gasteiger partial charge on any atom is 0.0791 e. The first-order chi connectivity index (χ1) is 6.15. The number of likely N-dealkylation sites (N-methyl/N-ethyl adjacent to an activating group) is 2. The van der Waals surface area contributed by atoms with Crippen LogP contribution in [0.3, 0.4) is 0 Å². The van der Waals surface area contributed by atoms with Gasteiger partial charge in [0.25, 0.3) is 0 Å². The molecule has 0 aliphatic heterocycles. The molecule has 2 N–H and O–H groups in total. The van der Waals surface area contributed by atoms with Crippen LogP contribution in [0, 0.1) is 0 Å². The summed E-state index contributed by atoms with van der Waals surface area (Å²) >= 11 is 0. The van der Waals surface area contributed by atoms with Crippen molar-refractivity contribution in [3.63, 3.8) is 0 Å². The van der Waals surface area contributed by atoms with E-state index in [1.54, 1.807) is 0 Å². The maximum atomic E-state index is 9.56. The first kappa shape index (κ1) is 12.9. The van der Waals surface area contributed by atoms with Gasteiger partial charge in [-0.05, 0) is 26.9 Å². The molecule has 1 unspecified atom stereocenters. The fourth-order valence-electron chi connectivity index (χ4n) is 1.69. The summed E-state index contributed by atoms with van der Waals surface area (Å²) < 4.78 is 0. The van der Waals surface area contributed by atoms with Crippen molar-refractivity contribution in [1.82, 2.24) is 10.2 Å². The quantitative estimate of drug-likeness (QED) is 0.617. The highest BCUT2D eigenvalue weighted by Gasteiger charge is 2.13. The average Bonchev–Trinajstić information content (AvgIpc) is 2.06. The summed E-state index contributed by atoms with van der Waals surface area (Å²) in [6, 6.07) is 0.603. The Labute approximate surface area is 82.1 Å². The number of aliphatic hydroxyl groups is 1. The fourth-order valence-corrected chi connectivity index (χ4v) is 1.69. The van der Waals surface area contributed by atoms with Gasteiger partial charge >= 0.3 is 0 Å². The number of nitrogens with one attached hydrogen (secondary N) is 1. The van der Waals surface area contributed by atoms with E-state index in [0.717, 1.165) is 19.4 Å². The molecular weight excluding hydrogens is 164 g/mol. The number of hydrogen-bond donors (Lipinski definition) is 2. The Morgan fingerprint density at radius 2 is 1.85 bits per heavy atom. The van der Waals surface area contributed by atoms with Gasteiger partial charge in [0.2, 0.25) is 0 Å². The Kier molecular flexibility index (Phi) is 7.23. The van der Waals surface area contributed by atoms with Gasteiger partial charge in [0.15, 0.2) is 0 Å². The number of hydrogen-bond acceptors (Lipinski definition) is 3. The lowest BCUT2D eigenvalue weighted by Crippen LogP contribution is -2.40. The zero-order chi connectivity index (χ0) is 10.3. The molecule has 0 heterocycles. The summed E-state index contributed by atoms with van der Waals surface area (Å²) in [6.07, 6.45) is 2.05. The van der Waals surface area contributed by atoms with E-state index in [0.29, 0.717) is 12.6 Å². The molecule has 1 atom stereocenters. The zero-order valence-corrected chi connectivity index (χ0v) is 9.38. The Morgan fingerprint density at radius 3 is 2.23 bits per heavy atom. The Hall–Kier alpha value is -0.120. The van der Waals surface area contributed by atoms with Crippen LogP contribution in [0.2, 0.25) is 0 Å². The number of rotatable bonds is 7.